The van der Waals surface area contributed by atoms with Gasteiger partial charge in [0.2, 0.25) is 15.9 Å². The van der Waals surface area contributed by atoms with E-state index in [9.17, 15) is 13.2 Å². The summed E-state index contributed by atoms with van der Waals surface area (Å²) in [6, 6.07) is 9.01. The predicted octanol–water partition coefficient (Wildman–Crippen LogP) is 0.937. The number of carbonyl (C=O) groups excluding carboxylic acids is 1. The van der Waals surface area contributed by atoms with Crippen molar-refractivity contribution in [2.24, 2.45) is 5.73 Å². The Bertz CT molecular complexity index is 828. The fourth-order valence-corrected chi connectivity index (χ4v) is 4.37. The number of sulfonamides is 1. The van der Waals surface area contributed by atoms with E-state index in [2.05, 4.69) is 10.3 Å². The first-order valence-corrected chi connectivity index (χ1v) is 8.96. The van der Waals surface area contributed by atoms with Gasteiger partial charge in [0, 0.05) is 37.6 Å². The molecule has 2 aromatic rings. The molecule has 0 bridgehead atoms. The molecule has 1 aliphatic heterocycles. The fraction of sp³-hybridized carbons (Fsp3) is 0.250. The molecule has 1 fully saturated rings. The van der Waals surface area contributed by atoms with Crippen LogP contribution in [0.25, 0.3) is 0 Å². The van der Waals surface area contributed by atoms with Crippen molar-refractivity contribution >= 4 is 28.3 Å². The highest BCUT2D eigenvalue weighted by molar-refractivity contribution is 7.89. The molecule has 1 atom stereocenters. The van der Waals surface area contributed by atoms with E-state index in [1.807, 2.05) is 6.07 Å². The molecule has 134 valence electrons. The van der Waals surface area contributed by atoms with E-state index in [1.165, 1.54) is 28.6 Å². The molecule has 3 rings (SSSR count). The van der Waals surface area contributed by atoms with Gasteiger partial charge in [0.1, 0.15) is 0 Å². The maximum atomic E-state index is 13.0. The van der Waals surface area contributed by atoms with E-state index in [0.717, 1.165) is 5.56 Å². The normalized spacial score (nSPS) is 18.3. The minimum Gasteiger partial charge on any atom is -0.366 e. The van der Waals surface area contributed by atoms with Crippen molar-refractivity contribution in [3.63, 3.8) is 0 Å². The third-order valence-corrected chi connectivity index (χ3v) is 5.93. The van der Waals surface area contributed by atoms with Crippen molar-refractivity contribution in [3.05, 3.63) is 59.9 Å². The highest BCUT2D eigenvalue weighted by Crippen LogP contribution is 2.28. The lowest BCUT2D eigenvalue weighted by molar-refractivity contribution is 0.1000. The van der Waals surface area contributed by atoms with Crippen LogP contribution >= 0.6 is 12.4 Å². The standard InChI is InChI=1S/C16H18N4O3S.ClH/c17-16(21)12-3-5-14(6-4-12)24(22,23)20-9-8-19-11-15(20)13-2-1-7-18-10-13;/h1-7,10,15,19H,8-9,11H2,(H2,17,21);1H. The smallest absolute Gasteiger partial charge is 0.248 e. The van der Waals surface area contributed by atoms with Gasteiger partial charge in [-0.2, -0.15) is 4.31 Å². The van der Waals surface area contributed by atoms with Crippen LogP contribution < -0.4 is 11.1 Å². The van der Waals surface area contributed by atoms with Crippen molar-refractivity contribution in [2.45, 2.75) is 10.9 Å². The largest absolute Gasteiger partial charge is 0.366 e. The van der Waals surface area contributed by atoms with E-state index in [4.69, 9.17) is 5.73 Å². The van der Waals surface area contributed by atoms with Gasteiger partial charge in [-0.05, 0) is 35.9 Å². The van der Waals surface area contributed by atoms with Gasteiger partial charge in [0.25, 0.3) is 0 Å². The summed E-state index contributed by atoms with van der Waals surface area (Å²) in [6.07, 6.45) is 3.33. The van der Waals surface area contributed by atoms with Gasteiger partial charge < -0.3 is 11.1 Å². The summed E-state index contributed by atoms with van der Waals surface area (Å²) in [5.74, 6) is -0.589. The average Bonchev–Trinajstić information content (AvgIpc) is 2.62. The van der Waals surface area contributed by atoms with Crippen LogP contribution in [0.3, 0.4) is 0 Å². The molecule has 0 saturated carbocycles. The number of piperazine rings is 1. The first-order valence-electron chi connectivity index (χ1n) is 7.52. The molecule has 0 radical (unpaired) electrons. The predicted molar refractivity (Wildman–Crippen MR) is 95.9 cm³/mol. The van der Waals surface area contributed by atoms with Crippen molar-refractivity contribution in [1.82, 2.24) is 14.6 Å². The molecule has 2 heterocycles. The van der Waals surface area contributed by atoms with Gasteiger partial charge >= 0.3 is 0 Å². The molecule has 1 amide bonds. The van der Waals surface area contributed by atoms with Crippen LogP contribution in [0.1, 0.15) is 22.0 Å². The minimum absolute atomic E-state index is 0. The molecular formula is C16H19ClN4O3S. The molecule has 1 aromatic carbocycles. The molecule has 0 aliphatic carbocycles. The van der Waals surface area contributed by atoms with Gasteiger partial charge in [0.15, 0.2) is 0 Å². The third-order valence-electron chi connectivity index (χ3n) is 4.01. The topological polar surface area (TPSA) is 105 Å². The monoisotopic (exact) mass is 382 g/mol. The molecule has 1 unspecified atom stereocenters. The molecule has 1 aliphatic rings. The Balaban J connectivity index is 0.00000225. The first kappa shape index (κ1) is 19.3. The Labute approximate surface area is 152 Å². The van der Waals surface area contributed by atoms with Gasteiger partial charge in [-0.1, -0.05) is 6.07 Å². The SMILES string of the molecule is Cl.NC(=O)c1ccc(S(=O)(=O)N2CCNCC2c2cccnc2)cc1. The van der Waals surface area contributed by atoms with E-state index >= 15 is 0 Å². The number of nitrogens with one attached hydrogen (secondary N) is 1. The number of halogens is 1. The Morgan fingerprint density at radius 3 is 2.56 bits per heavy atom. The summed E-state index contributed by atoms with van der Waals surface area (Å²) < 4.78 is 27.5. The Kier molecular flexibility index (Phi) is 6.12. The maximum Gasteiger partial charge on any atom is 0.248 e. The summed E-state index contributed by atoms with van der Waals surface area (Å²) in [4.78, 5) is 15.4. The summed E-state index contributed by atoms with van der Waals surface area (Å²) in [6.45, 7) is 1.46. The Hall–Kier alpha value is -2.00. The third kappa shape index (κ3) is 3.98. The van der Waals surface area contributed by atoms with Gasteiger partial charge in [-0.25, -0.2) is 8.42 Å². The summed E-state index contributed by atoms with van der Waals surface area (Å²) in [5.41, 5.74) is 6.31. The molecule has 25 heavy (non-hydrogen) atoms. The number of primary amides is 1. The van der Waals surface area contributed by atoms with Crippen LogP contribution in [0.4, 0.5) is 0 Å². The maximum absolute atomic E-state index is 13.0. The first-order chi connectivity index (χ1) is 11.5. The van der Waals surface area contributed by atoms with Crippen LogP contribution in [-0.2, 0) is 10.0 Å². The quantitative estimate of drug-likeness (QED) is 0.818. The number of hydrogen-bond donors (Lipinski definition) is 2. The second kappa shape index (κ2) is 7.92. The van der Waals surface area contributed by atoms with Crippen molar-refractivity contribution < 1.29 is 13.2 Å². The number of pyridine rings is 1. The highest BCUT2D eigenvalue weighted by atomic mass is 35.5. The van der Waals surface area contributed by atoms with Crippen LogP contribution in [0.2, 0.25) is 0 Å². The summed E-state index contributed by atoms with van der Waals surface area (Å²) in [7, 11) is -3.69. The molecule has 1 saturated heterocycles. The number of hydrogen-bond acceptors (Lipinski definition) is 5. The minimum atomic E-state index is -3.69. The van der Waals surface area contributed by atoms with Crippen LogP contribution in [0, 0.1) is 0 Å². The fourth-order valence-electron chi connectivity index (χ4n) is 2.76. The van der Waals surface area contributed by atoms with Crippen LogP contribution in [0.5, 0.6) is 0 Å². The van der Waals surface area contributed by atoms with Gasteiger partial charge in [-0.3, -0.25) is 9.78 Å². The number of carbonyl (C=O) groups is 1. The zero-order valence-corrected chi connectivity index (χ0v) is 15.0. The van der Waals surface area contributed by atoms with Crippen molar-refractivity contribution in [3.8, 4) is 0 Å². The highest BCUT2D eigenvalue weighted by Gasteiger charge is 2.34. The van der Waals surface area contributed by atoms with Crippen LogP contribution in [-0.4, -0.2) is 43.2 Å². The van der Waals surface area contributed by atoms with Gasteiger partial charge in [0.05, 0.1) is 10.9 Å². The number of nitrogens with two attached hydrogens (primary N) is 1. The lowest BCUT2D eigenvalue weighted by Crippen LogP contribution is -2.48. The number of rotatable bonds is 4. The van der Waals surface area contributed by atoms with E-state index in [-0.39, 0.29) is 28.9 Å². The lowest BCUT2D eigenvalue weighted by Gasteiger charge is -2.35. The zero-order chi connectivity index (χ0) is 17.2. The lowest BCUT2D eigenvalue weighted by atomic mass is 10.1. The molecular weight excluding hydrogens is 364 g/mol. The Morgan fingerprint density at radius 2 is 1.96 bits per heavy atom. The van der Waals surface area contributed by atoms with E-state index in [1.54, 1.807) is 18.5 Å². The van der Waals surface area contributed by atoms with E-state index in [0.29, 0.717) is 19.6 Å². The van der Waals surface area contributed by atoms with E-state index < -0.39 is 15.9 Å². The molecule has 7 nitrogen and oxygen atoms in total. The zero-order valence-electron chi connectivity index (χ0n) is 13.3. The van der Waals surface area contributed by atoms with Gasteiger partial charge in [-0.15, -0.1) is 12.4 Å². The molecule has 3 N–H and O–H groups in total. The summed E-state index contributed by atoms with van der Waals surface area (Å²) in [5, 5.41) is 3.22. The number of benzene rings is 1. The average molecular weight is 383 g/mol. The molecule has 9 heteroatoms. The summed E-state index contributed by atoms with van der Waals surface area (Å²) >= 11 is 0. The van der Waals surface area contributed by atoms with Crippen molar-refractivity contribution in [2.75, 3.05) is 19.6 Å². The number of amides is 1. The Morgan fingerprint density at radius 1 is 1.24 bits per heavy atom. The second-order valence-electron chi connectivity index (χ2n) is 5.51. The number of nitrogens with zero attached hydrogens (tertiary/aromatic N) is 2. The van der Waals surface area contributed by atoms with Crippen molar-refractivity contribution in [1.29, 1.82) is 0 Å². The van der Waals surface area contributed by atoms with Crippen LogP contribution in [0.15, 0.2) is 53.7 Å². The molecule has 1 aromatic heterocycles. The second-order valence-corrected chi connectivity index (χ2v) is 7.40. The number of aromatic nitrogens is 1. The molecule has 0 spiro atoms.